The van der Waals surface area contributed by atoms with E-state index in [4.69, 9.17) is 4.74 Å². The minimum absolute atomic E-state index is 0.0858. The van der Waals surface area contributed by atoms with Gasteiger partial charge in [0.25, 0.3) is 5.91 Å². The number of aromatic nitrogens is 5. The first-order valence-electron chi connectivity index (χ1n) is 11.7. The molecule has 0 spiro atoms. The highest BCUT2D eigenvalue weighted by Gasteiger charge is 2.29. The number of nitrogens with zero attached hydrogens (tertiary/aromatic N) is 6. The van der Waals surface area contributed by atoms with Gasteiger partial charge in [0.1, 0.15) is 0 Å². The fourth-order valence-electron chi connectivity index (χ4n) is 3.62. The monoisotopic (exact) mass is 487 g/mol. The molecular weight excluding hydrogens is 458 g/mol. The zero-order chi connectivity index (χ0) is 25.7. The molecule has 0 aliphatic heterocycles. The quantitative estimate of drug-likeness (QED) is 0.280. The molecule has 10 heteroatoms. The topological polar surface area (TPSA) is 107 Å². The molecule has 0 saturated carbocycles. The van der Waals surface area contributed by atoms with Crippen molar-refractivity contribution in [3.63, 3.8) is 0 Å². The van der Waals surface area contributed by atoms with E-state index in [1.54, 1.807) is 16.4 Å². The molecule has 0 atom stereocenters. The number of amides is 1. The van der Waals surface area contributed by atoms with E-state index in [1.165, 1.54) is 4.80 Å². The van der Waals surface area contributed by atoms with Gasteiger partial charge in [-0.2, -0.15) is 14.9 Å². The number of benzene rings is 2. The Morgan fingerprint density at radius 2 is 1.61 bits per heavy atom. The molecule has 0 bridgehead atoms. The first-order valence-corrected chi connectivity index (χ1v) is 11.7. The third-order valence-corrected chi connectivity index (χ3v) is 5.41. The van der Waals surface area contributed by atoms with E-state index in [2.05, 4.69) is 20.5 Å². The largest absolute Gasteiger partial charge is 0.461 e. The third-order valence-electron chi connectivity index (χ3n) is 5.41. The number of unbranched alkanes of at least 4 members (excludes halogenated alkanes) is 1. The van der Waals surface area contributed by atoms with E-state index in [9.17, 15) is 9.59 Å². The van der Waals surface area contributed by atoms with Crippen molar-refractivity contribution < 1.29 is 14.3 Å². The van der Waals surface area contributed by atoms with Crippen molar-refractivity contribution in [1.82, 2.24) is 24.5 Å². The van der Waals surface area contributed by atoms with Crippen LogP contribution in [-0.4, -0.2) is 57.1 Å². The van der Waals surface area contributed by atoms with Gasteiger partial charge in [0, 0.05) is 19.8 Å². The Labute approximate surface area is 209 Å². The second-order valence-electron chi connectivity index (χ2n) is 8.38. The second-order valence-corrected chi connectivity index (χ2v) is 8.38. The van der Waals surface area contributed by atoms with Crippen LogP contribution in [0.15, 0.2) is 60.7 Å². The maximum Gasteiger partial charge on any atom is 0.359 e. The van der Waals surface area contributed by atoms with Gasteiger partial charge in [-0.05, 0) is 37.6 Å². The second kappa shape index (κ2) is 10.9. The highest BCUT2D eigenvalue weighted by molar-refractivity contribution is 6.06. The highest BCUT2D eigenvalue weighted by Crippen LogP contribution is 2.28. The summed E-state index contributed by atoms with van der Waals surface area (Å²) in [6.45, 7) is 3.99. The van der Waals surface area contributed by atoms with Crippen LogP contribution in [0.25, 0.3) is 11.4 Å². The average molecular weight is 488 g/mol. The zero-order valence-corrected chi connectivity index (χ0v) is 20.8. The Morgan fingerprint density at radius 1 is 0.972 bits per heavy atom. The summed E-state index contributed by atoms with van der Waals surface area (Å²) in [6, 6.07) is 18.6. The lowest BCUT2D eigenvalue weighted by molar-refractivity contribution is 0.0492. The van der Waals surface area contributed by atoms with Gasteiger partial charge in [-0.15, -0.1) is 5.10 Å². The number of rotatable bonds is 9. The molecule has 2 aromatic carbocycles. The summed E-state index contributed by atoms with van der Waals surface area (Å²) in [7, 11) is 3.63. The number of anilines is 2. The molecule has 36 heavy (non-hydrogen) atoms. The molecular formula is C26H29N7O3. The van der Waals surface area contributed by atoms with Crippen LogP contribution in [0.3, 0.4) is 0 Å². The van der Waals surface area contributed by atoms with Crippen LogP contribution >= 0.6 is 0 Å². The average Bonchev–Trinajstić information content (AvgIpc) is 3.46. The predicted octanol–water partition coefficient (Wildman–Crippen LogP) is 4.04. The molecule has 2 aromatic heterocycles. The van der Waals surface area contributed by atoms with Crippen LogP contribution in [0.1, 0.15) is 46.4 Å². The zero-order valence-electron chi connectivity index (χ0n) is 20.8. The van der Waals surface area contributed by atoms with Crippen molar-refractivity contribution in [1.29, 1.82) is 0 Å². The summed E-state index contributed by atoms with van der Waals surface area (Å²) in [6.07, 6.45) is 1.61. The van der Waals surface area contributed by atoms with Crippen molar-refractivity contribution >= 4 is 23.6 Å². The van der Waals surface area contributed by atoms with Crippen LogP contribution in [0.4, 0.5) is 11.8 Å². The molecule has 0 saturated heterocycles. The molecule has 0 fully saturated rings. The standard InChI is InChI=1S/C26H29N7O3/c1-5-6-17-36-25(35)22-23(28-26(31(3)4)32(22)19-13-9-7-10-14-19)27-24(34)21-18(2)29-33(30-21)20-15-11-8-12-16-20/h7-16H,5-6,17H2,1-4H3,(H,27,34). The molecule has 0 aliphatic carbocycles. The lowest BCUT2D eigenvalue weighted by Crippen LogP contribution is -2.20. The molecule has 2 heterocycles. The molecule has 0 unspecified atom stereocenters. The number of carbonyl (C=O) groups is 2. The summed E-state index contributed by atoms with van der Waals surface area (Å²) in [5.74, 6) is -0.556. The minimum atomic E-state index is -0.576. The van der Waals surface area contributed by atoms with E-state index in [1.807, 2.05) is 81.7 Å². The normalized spacial score (nSPS) is 10.8. The number of ether oxygens (including phenoxy) is 1. The summed E-state index contributed by atoms with van der Waals surface area (Å²) in [5, 5.41) is 11.5. The maximum atomic E-state index is 13.3. The molecule has 10 nitrogen and oxygen atoms in total. The van der Waals surface area contributed by atoms with E-state index >= 15 is 0 Å². The van der Waals surface area contributed by atoms with Crippen molar-refractivity contribution in [2.45, 2.75) is 26.7 Å². The van der Waals surface area contributed by atoms with Gasteiger partial charge in [-0.3, -0.25) is 9.36 Å². The molecule has 0 aliphatic rings. The van der Waals surface area contributed by atoms with Gasteiger partial charge in [0.05, 0.1) is 18.0 Å². The fourth-order valence-corrected chi connectivity index (χ4v) is 3.62. The van der Waals surface area contributed by atoms with Crippen LogP contribution in [0, 0.1) is 6.92 Å². The smallest absolute Gasteiger partial charge is 0.359 e. The predicted molar refractivity (Wildman–Crippen MR) is 137 cm³/mol. The van der Waals surface area contributed by atoms with Gasteiger partial charge >= 0.3 is 5.97 Å². The Balaban J connectivity index is 1.75. The molecule has 4 aromatic rings. The first-order chi connectivity index (χ1) is 17.4. The number of aryl methyl sites for hydroxylation is 1. The lowest BCUT2D eigenvalue weighted by atomic mass is 10.3. The van der Waals surface area contributed by atoms with Crippen LogP contribution in [0.2, 0.25) is 0 Å². The number of carbonyl (C=O) groups excluding carboxylic acids is 2. The van der Waals surface area contributed by atoms with Crippen LogP contribution in [0.5, 0.6) is 0 Å². The van der Waals surface area contributed by atoms with Crippen LogP contribution < -0.4 is 10.2 Å². The van der Waals surface area contributed by atoms with Gasteiger partial charge < -0.3 is 15.0 Å². The van der Waals surface area contributed by atoms with Gasteiger partial charge in [-0.25, -0.2) is 4.79 Å². The number of imidazole rings is 1. The van der Waals surface area contributed by atoms with Crippen molar-refractivity contribution in [3.8, 4) is 11.4 Å². The molecule has 1 amide bonds. The maximum absolute atomic E-state index is 13.3. The summed E-state index contributed by atoms with van der Waals surface area (Å²) < 4.78 is 7.21. The molecule has 4 rings (SSSR count). The number of hydrogen-bond donors (Lipinski definition) is 1. The first kappa shape index (κ1) is 24.6. The number of hydrogen-bond acceptors (Lipinski definition) is 7. The van der Waals surface area contributed by atoms with Gasteiger partial charge in [0.2, 0.25) is 5.95 Å². The van der Waals surface area contributed by atoms with Crippen LogP contribution in [-0.2, 0) is 4.74 Å². The van der Waals surface area contributed by atoms with Gasteiger partial charge in [-0.1, -0.05) is 49.7 Å². The van der Waals surface area contributed by atoms with Crippen molar-refractivity contribution in [2.24, 2.45) is 0 Å². The minimum Gasteiger partial charge on any atom is -0.461 e. The van der Waals surface area contributed by atoms with Gasteiger partial charge in [0.15, 0.2) is 17.2 Å². The fraction of sp³-hybridized carbons (Fsp3) is 0.269. The van der Waals surface area contributed by atoms with E-state index < -0.39 is 11.9 Å². The summed E-state index contributed by atoms with van der Waals surface area (Å²) >= 11 is 0. The van der Waals surface area contributed by atoms with E-state index in [0.29, 0.717) is 17.3 Å². The Morgan fingerprint density at radius 3 is 2.22 bits per heavy atom. The Hall–Kier alpha value is -4.47. The number of para-hydroxylation sites is 2. The third kappa shape index (κ3) is 5.12. The highest BCUT2D eigenvalue weighted by atomic mass is 16.5. The van der Waals surface area contributed by atoms with Crippen molar-refractivity contribution in [3.05, 3.63) is 77.7 Å². The Bertz CT molecular complexity index is 1340. The molecule has 1 N–H and O–H groups in total. The van der Waals surface area contributed by atoms with Crippen molar-refractivity contribution in [2.75, 3.05) is 30.9 Å². The SMILES string of the molecule is CCCCOC(=O)c1c(NC(=O)c2nn(-c3ccccc3)nc2C)nc(N(C)C)n1-c1ccccc1. The molecule has 0 radical (unpaired) electrons. The summed E-state index contributed by atoms with van der Waals surface area (Å²) in [5.41, 5.74) is 2.14. The van der Waals surface area contributed by atoms with E-state index in [0.717, 1.165) is 18.5 Å². The summed E-state index contributed by atoms with van der Waals surface area (Å²) in [4.78, 5) is 34.3. The molecule has 186 valence electrons. The number of esters is 1. The van der Waals surface area contributed by atoms with E-state index in [-0.39, 0.29) is 23.8 Å². The lowest BCUT2D eigenvalue weighted by Gasteiger charge is -2.16. The Kier molecular flexibility index (Phi) is 7.43. The number of nitrogens with one attached hydrogen (secondary N) is 1.